The van der Waals surface area contributed by atoms with E-state index in [1.807, 2.05) is 16.7 Å². The molecule has 0 bridgehead atoms. The van der Waals surface area contributed by atoms with Crippen molar-refractivity contribution in [3.05, 3.63) is 35.0 Å². The summed E-state index contributed by atoms with van der Waals surface area (Å²) in [7, 11) is 0. The average Bonchev–Trinajstić information content (AvgIpc) is 3.28. The topological polar surface area (TPSA) is 63.5 Å². The van der Waals surface area contributed by atoms with E-state index in [1.54, 1.807) is 12.3 Å². The van der Waals surface area contributed by atoms with E-state index in [-0.39, 0.29) is 31.9 Å². The van der Waals surface area contributed by atoms with Crippen LogP contribution in [-0.2, 0) is 11.3 Å². The lowest BCUT2D eigenvalue weighted by Gasteiger charge is -2.36. The van der Waals surface area contributed by atoms with Crippen LogP contribution in [0.15, 0.2) is 24.4 Å². The van der Waals surface area contributed by atoms with Crippen LogP contribution in [0.25, 0.3) is 10.9 Å². The van der Waals surface area contributed by atoms with Gasteiger partial charge in [0.25, 0.3) is 11.8 Å². The van der Waals surface area contributed by atoms with Crippen molar-refractivity contribution in [3.8, 4) is 0 Å². The molecule has 1 aliphatic heterocycles. The van der Waals surface area contributed by atoms with E-state index in [0.717, 1.165) is 25.0 Å². The van der Waals surface area contributed by atoms with Gasteiger partial charge in [0, 0.05) is 44.1 Å². The molecule has 2 fully saturated rings. The number of carbonyl (C=O) groups excluding carboxylic acids is 1. The van der Waals surface area contributed by atoms with Gasteiger partial charge in [-0.2, -0.15) is 0 Å². The van der Waals surface area contributed by atoms with Crippen molar-refractivity contribution in [1.29, 1.82) is 0 Å². The van der Waals surface area contributed by atoms with Gasteiger partial charge in [-0.25, -0.2) is 8.78 Å². The summed E-state index contributed by atoms with van der Waals surface area (Å²) in [6.07, 6.45) is 3.40. The molecule has 4 rings (SSSR count). The Morgan fingerprint density at radius 3 is 2.90 bits per heavy atom. The lowest BCUT2D eigenvalue weighted by atomic mass is 9.82. The second-order valence-electron chi connectivity index (χ2n) is 8.26. The quantitative estimate of drug-likeness (QED) is 0.755. The highest BCUT2D eigenvalue weighted by molar-refractivity contribution is 6.36. The fourth-order valence-corrected chi connectivity index (χ4v) is 4.74. The SMILES string of the molecule is O=C(NC[C@]1(O)CCCC(F)(F)C1)c1cn(C[C@@H]2CCCO2)c2cccc(Cl)c12. The first-order chi connectivity index (χ1) is 13.8. The third-order valence-electron chi connectivity index (χ3n) is 5.87. The molecule has 0 radical (unpaired) electrons. The van der Waals surface area contributed by atoms with Crippen LogP contribution in [0.4, 0.5) is 8.78 Å². The van der Waals surface area contributed by atoms with Crippen LogP contribution >= 0.6 is 11.6 Å². The number of aliphatic hydroxyl groups is 1. The molecule has 0 spiro atoms. The maximum atomic E-state index is 13.7. The minimum absolute atomic E-state index is 0.0886. The van der Waals surface area contributed by atoms with E-state index in [1.165, 1.54) is 0 Å². The van der Waals surface area contributed by atoms with Crippen molar-refractivity contribution in [1.82, 2.24) is 9.88 Å². The summed E-state index contributed by atoms with van der Waals surface area (Å²) in [5.74, 6) is -3.34. The number of amides is 1. The maximum Gasteiger partial charge on any atom is 0.253 e. The highest BCUT2D eigenvalue weighted by Crippen LogP contribution is 2.39. The normalized spacial score (nSPS) is 26.7. The number of ether oxygens (including phenoxy) is 1. The van der Waals surface area contributed by atoms with E-state index in [2.05, 4.69) is 5.32 Å². The van der Waals surface area contributed by atoms with E-state index < -0.39 is 23.9 Å². The van der Waals surface area contributed by atoms with Gasteiger partial charge >= 0.3 is 0 Å². The number of hydrogen-bond acceptors (Lipinski definition) is 3. The Morgan fingerprint density at radius 1 is 1.34 bits per heavy atom. The summed E-state index contributed by atoms with van der Waals surface area (Å²) in [6, 6.07) is 5.43. The van der Waals surface area contributed by atoms with E-state index in [9.17, 15) is 18.7 Å². The number of aromatic nitrogens is 1. The molecule has 2 aromatic rings. The van der Waals surface area contributed by atoms with E-state index in [0.29, 0.717) is 22.5 Å². The van der Waals surface area contributed by atoms with Gasteiger partial charge in [-0.3, -0.25) is 4.79 Å². The molecule has 2 N–H and O–H groups in total. The van der Waals surface area contributed by atoms with Gasteiger partial charge in [0.2, 0.25) is 0 Å². The van der Waals surface area contributed by atoms with Gasteiger partial charge in [-0.15, -0.1) is 0 Å². The zero-order chi connectivity index (χ0) is 20.6. The number of benzene rings is 1. The second-order valence-corrected chi connectivity index (χ2v) is 8.66. The van der Waals surface area contributed by atoms with Crippen molar-refractivity contribution in [2.24, 2.45) is 0 Å². The fourth-order valence-electron chi connectivity index (χ4n) is 4.46. The highest BCUT2D eigenvalue weighted by Gasteiger charge is 2.44. The third kappa shape index (κ3) is 4.42. The van der Waals surface area contributed by atoms with Gasteiger partial charge in [0.05, 0.1) is 27.8 Å². The number of hydrogen-bond donors (Lipinski definition) is 2. The Bertz CT molecular complexity index is 911. The van der Waals surface area contributed by atoms with Gasteiger partial charge in [-0.05, 0) is 37.8 Å². The molecular formula is C21H25ClF2N2O3. The monoisotopic (exact) mass is 426 g/mol. The van der Waals surface area contributed by atoms with Crippen LogP contribution in [0.1, 0.15) is 48.9 Å². The number of rotatable bonds is 5. The molecule has 2 heterocycles. The molecule has 5 nitrogen and oxygen atoms in total. The first-order valence-corrected chi connectivity index (χ1v) is 10.4. The van der Waals surface area contributed by atoms with Crippen molar-refractivity contribution in [3.63, 3.8) is 0 Å². The van der Waals surface area contributed by atoms with Crippen LogP contribution in [-0.4, -0.2) is 46.4 Å². The first kappa shape index (κ1) is 20.6. The summed E-state index contributed by atoms with van der Waals surface area (Å²) in [4.78, 5) is 12.9. The number of alkyl halides is 2. The molecule has 0 unspecified atom stereocenters. The third-order valence-corrected chi connectivity index (χ3v) is 6.19. The number of carbonyl (C=O) groups is 1. The highest BCUT2D eigenvalue weighted by atomic mass is 35.5. The number of fused-ring (bicyclic) bond motifs is 1. The molecule has 8 heteroatoms. The van der Waals surface area contributed by atoms with Crippen LogP contribution in [0.3, 0.4) is 0 Å². The molecule has 1 saturated heterocycles. The molecule has 1 saturated carbocycles. The number of nitrogens with zero attached hydrogens (tertiary/aromatic N) is 1. The maximum absolute atomic E-state index is 13.7. The van der Waals surface area contributed by atoms with E-state index >= 15 is 0 Å². The van der Waals surface area contributed by atoms with Gasteiger partial charge < -0.3 is 19.7 Å². The molecule has 158 valence electrons. The molecule has 1 aromatic carbocycles. The molecule has 29 heavy (non-hydrogen) atoms. The van der Waals surface area contributed by atoms with Crippen molar-refractivity contribution in [2.75, 3.05) is 13.2 Å². The first-order valence-electron chi connectivity index (χ1n) is 10.0. The Morgan fingerprint density at radius 2 is 2.17 bits per heavy atom. The van der Waals surface area contributed by atoms with Crippen molar-refractivity contribution < 1.29 is 23.4 Å². The van der Waals surface area contributed by atoms with Crippen molar-refractivity contribution >= 4 is 28.4 Å². The standard InChI is InChI=1S/C21H25ClF2N2O3/c22-16-5-1-6-17-18(16)15(11-26(17)10-14-4-2-9-29-14)19(27)25-13-20(28)7-3-8-21(23,24)12-20/h1,5-6,11,14,28H,2-4,7-10,12-13H2,(H,25,27)/t14-,20-/m0/s1. The van der Waals surface area contributed by atoms with Crippen LogP contribution in [0.5, 0.6) is 0 Å². The van der Waals surface area contributed by atoms with Crippen molar-refractivity contribution in [2.45, 2.75) is 62.7 Å². The lowest BCUT2D eigenvalue weighted by Crippen LogP contribution is -2.49. The Labute approximate surface area is 173 Å². The Hall–Kier alpha value is -1.70. The zero-order valence-corrected chi connectivity index (χ0v) is 16.9. The Kier molecular flexibility index (Phi) is 5.57. The molecule has 1 amide bonds. The largest absolute Gasteiger partial charge is 0.388 e. The summed E-state index contributed by atoms with van der Waals surface area (Å²) in [5.41, 5.74) is -0.409. The lowest BCUT2D eigenvalue weighted by molar-refractivity contribution is -0.121. The summed E-state index contributed by atoms with van der Waals surface area (Å²) in [6.45, 7) is 1.13. The average molecular weight is 427 g/mol. The fraction of sp³-hybridized carbons (Fsp3) is 0.571. The van der Waals surface area contributed by atoms with Gasteiger partial charge in [0.15, 0.2) is 0 Å². The van der Waals surface area contributed by atoms with Crippen LogP contribution in [0.2, 0.25) is 5.02 Å². The van der Waals surface area contributed by atoms with Crippen LogP contribution < -0.4 is 5.32 Å². The van der Waals surface area contributed by atoms with Crippen LogP contribution in [0, 0.1) is 0 Å². The molecule has 2 aliphatic rings. The van der Waals surface area contributed by atoms with E-state index in [4.69, 9.17) is 16.3 Å². The second kappa shape index (κ2) is 7.85. The zero-order valence-electron chi connectivity index (χ0n) is 16.1. The number of halogens is 3. The Balaban J connectivity index is 1.55. The predicted octanol–water partition coefficient (Wildman–Crippen LogP) is 4.14. The molecule has 1 aliphatic carbocycles. The predicted molar refractivity (Wildman–Crippen MR) is 107 cm³/mol. The summed E-state index contributed by atoms with van der Waals surface area (Å²) in [5, 5.41) is 14.2. The molecular weight excluding hydrogens is 402 g/mol. The van der Waals surface area contributed by atoms with Gasteiger partial charge in [0.1, 0.15) is 0 Å². The summed E-state index contributed by atoms with van der Waals surface area (Å²) < 4.78 is 35.1. The molecule has 2 atom stereocenters. The summed E-state index contributed by atoms with van der Waals surface area (Å²) >= 11 is 6.38. The van der Waals surface area contributed by atoms with Gasteiger partial charge in [-0.1, -0.05) is 17.7 Å². The number of nitrogens with one attached hydrogen (secondary N) is 1. The smallest absolute Gasteiger partial charge is 0.253 e. The molecule has 1 aromatic heterocycles. The minimum atomic E-state index is -2.90. The minimum Gasteiger partial charge on any atom is -0.388 e.